The van der Waals surface area contributed by atoms with E-state index in [0.717, 1.165) is 31.9 Å². The maximum atomic E-state index is 8.76. The largest absolute Gasteiger partial charge is 0.396 e. The Bertz CT molecular complexity index is 279. The van der Waals surface area contributed by atoms with Crippen molar-refractivity contribution in [3.8, 4) is 0 Å². The van der Waals surface area contributed by atoms with Crippen molar-refractivity contribution in [3.05, 3.63) is 17.7 Å². The number of rotatable bonds is 3. The number of aromatic nitrogens is 2. The number of hydrogen-bond donors (Lipinski definition) is 2. The summed E-state index contributed by atoms with van der Waals surface area (Å²) in [5.41, 5.74) is 1.19. The maximum Gasteiger partial charge on any atom is 0.108 e. The molecule has 2 N–H and O–H groups in total. The first kappa shape index (κ1) is 9.68. The fraction of sp³-hybridized carbons (Fsp3) is 0.700. The normalized spacial score (nSPS) is 18.6. The quantitative estimate of drug-likeness (QED) is 0.753. The first-order valence-electron chi connectivity index (χ1n) is 5.12. The number of aliphatic hydroxyl groups is 1. The van der Waals surface area contributed by atoms with E-state index in [0.29, 0.717) is 12.3 Å². The van der Waals surface area contributed by atoms with E-state index < -0.39 is 0 Å². The molecule has 2 heterocycles. The Morgan fingerprint density at radius 3 is 3.00 bits per heavy atom. The van der Waals surface area contributed by atoms with Crippen LogP contribution in [-0.2, 0) is 11.2 Å². The van der Waals surface area contributed by atoms with Crippen LogP contribution in [0.4, 0.5) is 0 Å². The summed E-state index contributed by atoms with van der Waals surface area (Å²) < 4.78 is 5.30. The van der Waals surface area contributed by atoms with Gasteiger partial charge in [-0.2, -0.15) is 0 Å². The van der Waals surface area contributed by atoms with Crippen LogP contribution in [0.1, 0.15) is 30.3 Å². The molecular formula is C10H16N2O2. The van der Waals surface area contributed by atoms with Crippen molar-refractivity contribution >= 4 is 0 Å². The smallest absolute Gasteiger partial charge is 0.108 e. The predicted octanol–water partition coefficient (Wildman–Crippen LogP) is 0.839. The van der Waals surface area contributed by atoms with Crippen molar-refractivity contribution in [1.29, 1.82) is 0 Å². The Kier molecular flexibility index (Phi) is 3.16. The predicted molar refractivity (Wildman–Crippen MR) is 52.2 cm³/mol. The number of imidazole rings is 1. The second-order valence-electron chi connectivity index (χ2n) is 3.65. The molecule has 1 aromatic rings. The first-order valence-corrected chi connectivity index (χ1v) is 5.12. The zero-order chi connectivity index (χ0) is 9.80. The average molecular weight is 196 g/mol. The van der Waals surface area contributed by atoms with Gasteiger partial charge in [-0.3, -0.25) is 0 Å². The summed E-state index contributed by atoms with van der Waals surface area (Å²) in [6.45, 7) is 1.85. The monoisotopic (exact) mass is 196 g/mol. The number of aliphatic hydroxyl groups excluding tert-OH is 1. The Balaban J connectivity index is 2.00. The lowest BCUT2D eigenvalue weighted by Gasteiger charge is -2.20. The van der Waals surface area contributed by atoms with Gasteiger partial charge in [-0.15, -0.1) is 0 Å². The maximum absolute atomic E-state index is 8.76. The van der Waals surface area contributed by atoms with Gasteiger partial charge in [-0.05, 0) is 12.8 Å². The van der Waals surface area contributed by atoms with E-state index >= 15 is 0 Å². The minimum atomic E-state index is 0.154. The van der Waals surface area contributed by atoms with E-state index in [9.17, 15) is 0 Å². The Morgan fingerprint density at radius 2 is 2.29 bits per heavy atom. The van der Waals surface area contributed by atoms with Crippen molar-refractivity contribution in [2.45, 2.75) is 25.2 Å². The first-order chi connectivity index (χ1) is 6.90. The van der Waals surface area contributed by atoms with Crippen molar-refractivity contribution < 1.29 is 9.84 Å². The highest BCUT2D eigenvalue weighted by atomic mass is 16.5. The standard InChI is InChI=1S/C10H16N2O2/c13-4-1-10-11-7-9(12-10)8-2-5-14-6-3-8/h7-8,13H,1-6H2,(H,11,12). The second-order valence-corrected chi connectivity index (χ2v) is 3.65. The minimum absolute atomic E-state index is 0.154. The molecule has 0 radical (unpaired) electrons. The third kappa shape index (κ3) is 2.13. The summed E-state index contributed by atoms with van der Waals surface area (Å²) in [5.74, 6) is 1.44. The fourth-order valence-corrected chi connectivity index (χ4v) is 1.83. The van der Waals surface area contributed by atoms with Crippen molar-refractivity contribution in [3.63, 3.8) is 0 Å². The highest BCUT2D eigenvalue weighted by Gasteiger charge is 2.17. The Labute approximate surface area is 83.3 Å². The molecular weight excluding hydrogens is 180 g/mol. The van der Waals surface area contributed by atoms with E-state index in [2.05, 4.69) is 9.97 Å². The third-order valence-corrected chi connectivity index (χ3v) is 2.66. The van der Waals surface area contributed by atoms with E-state index in [1.165, 1.54) is 5.69 Å². The number of nitrogens with zero attached hydrogens (tertiary/aromatic N) is 1. The van der Waals surface area contributed by atoms with Gasteiger partial charge in [0, 0.05) is 37.4 Å². The van der Waals surface area contributed by atoms with Gasteiger partial charge in [0.1, 0.15) is 5.82 Å². The second kappa shape index (κ2) is 4.57. The number of aromatic amines is 1. The topological polar surface area (TPSA) is 58.1 Å². The molecule has 1 aliphatic heterocycles. The molecule has 0 bridgehead atoms. The molecule has 4 heteroatoms. The minimum Gasteiger partial charge on any atom is -0.396 e. The summed E-state index contributed by atoms with van der Waals surface area (Å²) in [4.78, 5) is 7.48. The zero-order valence-electron chi connectivity index (χ0n) is 8.20. The fourth-order valence-electron chi connectivity index (χ4n) is 1.83. The molecule has 1 aromatic heterocycles. The van der Waals surface area contributed by atoms with E-state index in [1.807, 2.05) is 6.20 Å². The number of H-pyrrole nitrogens is 1. The summed E-state index contributed by atoms with van der Waals surface area (Å²) in [5, 5.41) is 8.76. The van der Waals surface area contributed by atoms with Crippen LogP contribution in [-0.4, -0.2) is 34.9 Å². The summed E-state index contributed by atoms with van der Waals surface area (Å²) in [6.07, 6.45) is 4.64. The van der Waals surface area contributed by atoms with Gasteiger partial charge in [0.15, 0.2) is 0 Å². The van der Waals surface area contributed by atoms with Gasteiger partial charge in [0.05, 0.1) is 6.61 Å². The molecule has 2 rings (SSSR count). The van der Waals surface area contributed by atoms with Gasteiger partial charge < -0.3 is 14.8 Å². The molecule has 0 aromatic carbocycles. The molecule has 0 unspecified atom stereocenters. The molecule has 4 nitrogen and oxygen atoms in total. The lowest BCUT2D eigenvalue weighted by Crippen LogP contribution is -2.14. The van der Waals surface area contributed by atoms with Gasteiger partial charge in [0.25, 0.3) is 0 Å². The molecule has 14 heavy (non-hydrogen) atoms. The van der Waals surface area contributed by atoms with Crippen LogP contribution in [0.25, 0.3) is 0 Å². The van der Waals surface area contributed by atoms with Crippen LogP contribution >= 0.6 is 0 Å². The van der Waals surface area contributed by atoms with Gasteiger partial charge >= 0.3 is 0 Å². The number of nitrogens with one attached hydrogen (secondary N) is 1. The van der Waals surface area contributed by atoms with Crippen molar-refractivity contribution in [2.24, 2.45) is 0 Å². The number of hydrogen-bond acceptors (Lipinski definition) is 3. The molecule has 78 valence electrons. The molecule has 1 fully saturated rings. The molecule has 0 aliphatic carbocycles. The molecule has 0 spiro atoms. The lowest BCUT2D eigenvalue weighted by atomic mass is 9.97. The summed E-state index contributed by atoms with van der Waals surface area (Å²) >= 11 is 0. The Hall–Kier alpha value is -0.870. The van der Waals surface area contributed by atoms with Crippen LogP contribution in [0.15, 0.2) is 6.20 Å². The molecule has 0 atom stereocenters. The third-order valence-electron chi connectivity index (χ3n) is 2.66. The van der Waals surface area contributed by atoms with Crippen LogP contribution in [0.5, 0.6) is 0 Å². The summed E-state index contributed by atoms with van der Waals surface area (Å²) in [6, 6.07) is 0. The van der Waals surface area contributed by atoms with Crippen LogP contribution < -0.4 is 0 Å². The van der Waals surface area contributed by atoms with Crippen LogP contribution in [0, 0.1) is 0 Å². The lowest BCUT2D eigenvalue weighted by molar-refractivity contribution is 0.0845. The Morgan fingerprint density at radius 1 is 1.50 bits per heavy atom. The number of ether oxygens (including phenoxy) is 1. The van der Waals surface area contributed by atoms with E-state index in [4.69, 9.17) is 9.84 Å². The van der Waals surface area contributed by atoms with Crippen LogP contribution in [0.2, 0.25) is 0 Å². The molecule has 0 saturated carbocycles. The van der Waals surface area contributed by atoms with Gasteiger partial charge in [0.2, 0.25) is 0 Å². The van der Waals surface area contributed by atoms with E-state index in [1.54, 1.807) is 0 Å². The van der Waals surface area contributed by atoms with Crippen molar-refractivity contribution in [1.82, 2.24) is 9.97 Å². The highest BCUT2D eigenvalue weighted by Crippen LogP contribution is 2.25. The summed E-state index contributed by atoms with van der Waals surface area (Å²) in [7, 11) is 0. The highest BCUT2D eigenvalue weighted by molar-refractivity contribution is 5.08. The van der Waals surface area contributed by atoms with Gasteiger partial charge in [-0.1, -0.05) is 0 Å². The molecule has 1 aliphatic rings. The molecule has 0 amide bonds. The zero-order valence-corrected chi connectivity index (χ0v) is 8.20. The SMILES string of the molecule is OCCc1ncc(C2CCOCC2)[nH]1. The van der Waals surface area contributed by atoms with Crippen molar-refractivity contribution in [2.75, 3.05) is 19.8 Å². The average Bonchev–Trinajstić information content (AvgIpc) is 2.68. The van der Waals surface area contributed by atoms with Gasteiger partial charge in [-0.25, -0.2) is 4.98 Å². The molecule has 1 saturated heterocycles. The van der Waals surface area contributed by atoms with E-state index in [-0.39, 0.29) is 6.61 Å². The van der Waals surface area contributed by atoms with Crippen LogP contribution in [0.3, 0.4) is 0 Å².